The summed E-state index contributed by atoms with van der Waals surface area (Å²) in [4.78, 5) is 70.5. The highest BCUT2D eigenvalue weighted by Gasteiger charge is 2.45. The molecule has 4 amide bonds. The van der Waals surface area contributed by atoms with Gasteiger partial charge in [-0.05, 0) is 42.4 Å². The highest BCUT2D eigenvalue weighted by molar-refractivity contribution is 6.38. The summed E-state index contributed by atoms with van der Waals surface area (Å²) in [5, 5.41) is 9.00. The lowest BCUT2D eigenvalue weighted by atomic mass is 9.90. The van der Waals surface area contributed by atoms with Crippen molar-refractivity contribution in [2.24, 2.45) is 11.3 Å². The number of fused-ring (bicyclic) bond motifs is 1. The molecule has 0 bridgehead atoms. The van der Waals surface area contributed by atoms with E-state index in [0.29, 0.717) is 31.6 Å². The molecule has 2 aliphatic heterocycles. The van der Waals surface area contributed by atoms with Crippen LogP contribution in [0.3, 0.4) is 0 Å². The summed E-state index contributed by atoms with van der Waals surface area (Å²) in [5.74, 6) is -3.21. The van der Waals surface area contributed by atoms with Crippen LogP contribution < -0.4 is 16.0 Å². The highest BCUT2D eigenvalue weighted by Crippen LogP contribution is 2.35. The van der Waals surface area contributed by atoms with Crippen molar-refractivity contribution in [2.75, 3.05) is 13.1 Å². The Morgan fingerprint density at radius 1 is 1.05 bits per heavy atom. The zero-order valence-electron chi connectivity index (χ0n) is 23.2. The van der Waals surface area contributed by atoms with E-state index in [1.54, 1.807) is 6.07 Å². The van der Waals surface area contributed by atoms with Gasteiger partial charge in [0.1, 0.15) is 11.7 Å². The largest absolute Gasteiger partial charge is 0.356 e. The number of likely N-dealkylation sites (tertiary alicyclic amines) is 1. The first kappa shape index (κ1) is 28.1. The van der Waals surface area contributed by atoms with Gasteiger partial charge in [-0.2, -0.15) is 0 Å². The van der Waals surface area contributed by atoms with Crippen LogP contribution in [0.1, 0.15) is 49.2 Å². The molecule has 2 aromatic carbocycles. The first-order valence-corrected chi connectivity index (χ1v) is 13.9. The second kappa shape index (κ2) is 11.6. The molecule has 3 heterocycles. The van der Waals surface area contributed by atoms with Crippen molar-refractivity contribution in [1.82, 2.24) is 25.8 Å². The zero-order valence-corrected chi connectivity index (χ0v) is 23.2. The molecule has 3 aromatic rings. The molecule has 2 saturated heterocycles. The summed E-state index contributed by atoms with van der Waals surface area (Å²) in [6, 6.07) is 16.4. The molecule has 10 heteroatoms. The minimum atomic E-state index is -1.21. The molecular formula is C31H35N5O5. The van der Waals surface area contributed by atoms with Gasteiger partial charge < -0.3 is 25.8 Å². The van der Waals surface area contributed by atoms with Crippen molar-refractivity contribution < 1.29 is 24.0 Å². The van der Waals surface area contributed by atoms with Gasteiger partial charge in [0.15, 0.2) is 0 Å². The Labute approximate surface area is 238 Å². The van der Waals surface area contributed by atoms with Crippen LogP contribution in [-0.2, 0) is 25.7 Å². The van der Waals surface area contributed by atoms with Crippen molar-refractivity contribution in [3.05, 3.63) is 71.9 Å². The number of rotatable bonds is 9. The molecule has 0 radical (unpaired) electrons. The van der Waals surface area contributed by atoms with E-state index >= 15 is 0 Å². The molecule has 2 fully saturated rings. The third kappa shape index (κ3) is 6.32. The van der Waals surface area contributed by atoms with Crippen molar-refractivity contribution in [3.8, 4) is 0 Å². The number of nitrogens with zero attached hydrogens (tertiary/aromatic N) is 1. The number of para-hydroxylation sites is 1. The minimum absolute atomic E-state index is 0.00123. The van der Waals surface area contributed by atoms with Crippen LogP contribution in [0.2, 0.25) is 0 Å². The Morgan fingerprint density at radius 2 is 1.78 bits per heavy atom. The lowest BCUT2D eigenvalue weighted by molar-refractivity contribution is -0.141. The number of benzene rings is 2. The number of hydrogen-bond donors (Lipinski definition) is 4. The van der Waals surface area contributed by atoms with Crippen molar-refractivity contribution in [1.29, 1.82) is 0 Å². The number of amides is 4. The molecule has 3 atom stereocenters. The fraction of sp³-hybridized carbons (Fsp3) is 0.387. The number of hydrogen-bond acceptors (Lipinski definition) is 5. The van der Waals surface area contributed by atoms with E-state index < -0.39 is 35.6 Å². The second-order valence-corrected chi connectivity index (χ2v) is 11.7. The van der Waals surface area contributed by atoms with Crippen LogP contribution in [-0.4, -0.2) is 64.5 Å². The summed E-state index contributed by atoms with van der Waals surface area (Å²) in [6.07, 6.45) is 0.892. The van der Waals surface area contributed by atoms with E-state index in [0.717, 1.165) is 16.5 Å². The Kier molecular flexibility index (Phi) is 7.92. The normalized spacial score (nSPS) is 20.4. The first-order chi connectivity index (χ1) is 19.6. The topological polar surface area (TPSA) is 140 Å². The second-order valence-electron chi connectivity index (χ2n) is 11.7. The van der Waals surface area contributed by atoms with Gasteiger partial charge in [0.05, 0.1) is 6.04 Å². The fourth-order valence-electron chi connectivity index (χ4n) is 5.74. The average molecular weight is 558 g/mol. The first-order valence-electron chi connectivity index (χ1n) is 13.9. The van der Waals surface area contributed by atoms with E-state index in [1.165, 1.54) is 4.90 Å². The summed E-state index contributed by atoms with van der Waals surface area (Å²) in [6.45, 7) is 4.94. The molecular weight excluding hydrogens is 522 g/mol. The van der Waals surface area contributed by atoms with Gasteiger partial charge in [-0.3, -0.25) is 24.0 Å². The molecule has 5 rings (SSSR count). The third-order valence-corrected chi connectivity index (χ3v) is 7.88. The maximum atomic E-state index is 13.7. The molecule has 10 nitrogen and oxygen atoms in total. The molecule has 4 N–H and O–H groups in total. The quantitative estimate of drug-likeness (QED) is 0.299. The number of nitrogens with one attached hydrogen (secondary N) is 4. The number of ketones is 1. The molecule has 1 unspecified atom stereocenters. The predicted octanol–water partition coefficient (Wildman–Crippen LogP) is 2.31. The minimum Gasteiger partial charge on any atom is -0.356 e. The lowest BCUT2D eigenvalue weighted by Crippen LogP contribution is -2.54. The van der Waals surface area contributed by atoms with Crippen molar-refractivity contribution in [2.45, 2.75) is 51.7 Å². The molecule has 2 aliphatic rings. The highest BCUT2D eigenvalue weighted by atomic mass is 16.2. The van der Waals surface area contributed by atoms with E-state index in [1.807, 2.05) is 68.4 Å². The van der Waals surface area contributed by atoms with Crippen LogP contribution >= 0.6 is 0 Å². The molecule has 0 saturated carbocycles. The van der Waals surface area contributed by atoms with Crippen LogP contribution in [0.15, 0.2) is 60.7 Å². The maximum absolute atomic E-state index is 13.7. The summed E-state index contributed by atoms with van der Waals surface area (Å²) < 4.78 is 0. The number of H-pyrrole nitrogens is 1. The van der Waals surface area contributed by atoms with Crippen molar-refractivity contribution in [3.63, 3.8) is 0 Å². The summed E-state index contributed by atoms with van der Waals surface area (Å²) >= 11 is 0. The third-order valence-electron chi connectivity index (χ3n) is 7.88. The van der Waals surface area contributed by atoms with Gasteiger partial charge in [-0.1, -0.05) is 62.4 Å². The lowest BCUT2D eigenvalue weighted by Gasteiger charge is -2.26. The number of Topliss-reactive ketones (excluding diaryl/α,β-unsaturated/α-hetero) is 1. The Hall–Kier alpha value is -4.47. The van der Waals surface area contributed by atoms with Crippen LogP contribution in [0, 0.1) is 11.3 Å². The average Bonchev–Trinajstić information content (AvgIpc) is 3.67. The molecule has 0 aliphatic carbocycles. The van der Waals surface area contributed by atoms with E-state index in [4.69, 9.17) is 0 Å². The van der Waals surface area contributed by atoms with Gasteiger partial charge in [0.2, 0.25) is 17.6 Å². The fourth-order valence-corrected chi connectivity index (χ4v) is 5.74. The molecule has 214 valence electrons. The molecule has 0 spiro atoms. The van der Waals surface area contributed by atoms with E-state index in [9.17, 15) is 24.0 Å². The van der Waals surface area contributed by atoms with Gasteiger partial charge in [0.25, 0.3) is 11.8 Å². The maximum Gasteiger partial charge on any atom is 0.289 e. The Bertz CT molecular complexity index is 1450. The zero-order chi connectivity index (χ0) is 29.1. The van der Waals surface area contributed by atoms with Gasteiger partial charge in [-0.25, -0.2) is 0 Å². The standard InChI is InChI=1S/C31H35N5O5/c1-31(2)16-25(36(18-31)30(41)24-14-20-10-6-7-11-22(20)34-24)28(39)35-23(15-21-12-13-32-27(21)38)26(37)29(40)33-17-19-8-4-3-5-9-19/h3-11,14,21,23,25,34H,12-13,15-18H2,1-2H3,(H,32,38)(H,33,40)(H,35,39)/t21-,23?,25-/m0/s1. The summed E-state index contributed by atoms with van der Waals surface area (Å²) in [7, 11) is 0. The van der Waals surface area contributed by atoms with Crippen LogP contribution in [0.25, 0.3) is 10.9 Å². The van der Waals surface area contributed by atoms with Gasteiger partial charge in [-0.15, -0.1) is 0 Å². The number of carbonyl (C=O) groups excluding carboxylic acids is 5. The van der Waals surface area contributed by atoms with Crippen LogP contribution in [0.5, 0.6) is 0 Å². The number of aromatic nitrogens is 1. The Balaban J connectivity index is 1.33. The number of carbonyl (C=O) groups is 5. The van der Waals surface area contributed by atoms with Crippen molar-refractivity contribution >= 4 is 40.3 Å². The predicted molar refractivity (Wildman–Crippen MR) is 152 cm³/mol. The Morgan fingerprint density at radius 3 is 2.49 bits per heavy atom. The number of aromatic amines is 1. The van der Waals surface area contributed by atoms with Crippen LogP contribution in [0.4, 0.5) is 0 Å². The SMILES string of the molecule is CC1(C)C[C@@H](C(=O)NC(C[C@@H]2CCNC2=O)C(=O)C(=O)NCc2ccccc2)N(C(=O)c2cc3ccccc3[nH]2)C1. The van der Waals surface area contributed by atoms with Gasteiger partial charge >= 0.3 is 0 Å². The monoisotopic (exact) mass is 557 g/mol. The van der Waals surface area contributed by atoms with E-state index in [2.05, 4.69) is 20.9 Å². The smallest absolute Gasteiger partial charge is 0.289 e. The van der Waals surface area contributed by atoms with Gasteiger partial charge in [0, 0.05) is 36.5 Å². The summed E-state index contributed by atoms with van der Waals surface area (Å²) in [5.41, 5.74) is 1.67. The molecule has 41 heavy (non-hydrogen) atoms. The van der Waals surface area contributed by atoms with E-state index in [-0.39, 0.29) is 30.2 Å². The molecule has 1 aromatic heterocycles.